The van der Waals surface area contributed by atoms with Crippen molar-refractivity contribution in [1.82, 2.24) is 19.6 Å². The van der Waals surface area contributed by atoms with Crippen LogP contribution >= 0.6 is 11.6 Å². The van der Waals surface area contributed by atoms with E-state index < -0.39 is 0 Å². The fourth-order valence-corrected chi connectivity index (χ4v) is 3.13. The molecule has 1 aliphatic rings. The highest BCUT2D eigenvalue weighted by Gasteiger charge is 2.23. The van der Waals surface area contributed by atoms with Crippen LogP contribution in [0, 0.1) is 11.3 Å². The Kier molecular flexibility index (Phi) is 3.88. The highest BCUT2D eigenvalue weighted by molar-refractivity contribution is 6.33. The van der Waals surface area contributed by atoms with Gasteiger partial charge in [-0.2, -0.15) is 9.78 Å². The second-order valence-corrected chi connectivity index (χ2v) is 6.92. The summed E-state index contributed by atoms with van der Waals surface area (Å²) in [4.78, 5) is 8.48. The van der Waals surface area contributed by atoms with Crippen LogP contribution in [-0.4, -0.2) is 25.6 Å². The summed E-state index contributed by atoms with van der Waals surface area (Å²) >= 11 is 6.28. The summed E-state index contributed by atoms with van der Waals surface area (Å²) < 4.78 is 6.90. The number of hydrogen-bond donors (Lipinski definition) is 2. The molecule has 4 aromatic rings. The lowest BCUT2D eigenvalue weighted by molar-refractivity contribution is 0.574. The quantitative estimate of drug-likeness (QED) is 0.524. The first-order chi connectivity index (χ1) is 13.7. The third kappa shape index (κ3) is 3.02. The SMILES string of the molecule is N#Cc1cnc2c(NC3CC3)cc(Nc3ccc(Cl)c(-c4ncco4)c3)nn12. The van der Waals surface area contributed by atoms with E-state index in [0.717, 1.165) is 24.2 Å². The van der Waals surface area contributed by atoms with Crippen molar-refractivity contribution < 1.29 is 4.42 Å². The molecule has 1 fully saturated rings. The van der Waals surface area contributed by atoms with Gasteiger partial charge in [0.05, 0.1) is 28.7 Å². The van der Waals surface area contributed by atoms with Crippen molar-refractivity contribution in [3.8, 4) is 17.5 Å². The number of nitrogens with zero attached hydrogens (tertiary/aromatic N) is 5. The summed E-state index contributed by atoms with van der Waals surface area (Å²) in [5.41, 5.74) is 3.28. The van der Waals surface area contributed by atoms with Crippen molar-refractivity contribution in [2.45, 2.75) is 18.9 Å². The molecule has 0 aliphatic heterocycles. The van der Waals surface area contributed by atoms with Gasteiger partial charge >= 0.3 is 0 Å². The Morgan fingerprint density at radius 3 is 2.89 bits per heavy atom. The first kappa shape index (κ1) is 16.6. The van der Waals surface area contributed by atoms with E-state index >= 15 is 0 Å². The minimum absolute atomic E-state index is 0.370. The fraction of sp³-hybridized carbons (Fsp3) is 0.158. The van der Waals surface area contributed by atoms with Crippen LogP contribution in [0.4, 0.5) is 17.2 Å². The average molecular weight is 392 g/mol. The van der Waals surface area contributed by atoms with E-state index in [1.54, 1.807) is 12.3 Å². The van der Waals surface area contributed by atoms with Crippen LogP contribution in [0.1, 0.15) is 18.5 Å². The standard InChI is InChI=1S/C19H14ClN7O/c20-15-4-3-12(7-14(15)19-22-5-6-28-19)25-17-8-16(24-11-1-2-11)18-23-10-13(9-21)27(18)26-17/h3-8,10-11,24H,1-2H2,(H,25,26). The fourth-order valence-electron chi connectivity index (χ4n) is 2.93. The van der Waals surface area contributed by atoms with Crippen LogP contribution in [0.5, 0.6) is 0 Å². The van der Waals surface area contributed by atoms with E-state index in [2.05, 4.69) is 31.8 Å². The minimum atomic E-state index is 0.370. The van der Waals surface area contributed by atoms with Crippen LogP contribution in [0.25, 0.3) is 17.1 Å². The predicted octanol–water partition coefficient (Wildman–Crippen LogP) is 4.23. The van der Waals surface area contributed by atoms with Crippen molar-refractivity contribution in [3.05, 3.63) is 53.6 Å². The Hall–Kier alpha value is -3.57. The van der Waals surface area contributed by atoms with Crippen LogP contribution < -0.4 is 10.6 Å². The molecule has 0 bridgehead atoms. The minimum Gasteiger partial charge on any atom is -0.444 e. The van der Waals surface area contributed by atoms with Crippen molar-refractivity contribution in [2.75, 3.05) is 10.6 Å². The normalized spacial score (nSPS) is 13.4. The van der Waals surface area contributed by atoms with Crippen LogP contribution in [0.2, 0.25) is 5.02 Å². The summed E-state index contributed by atoms with van der Waals surface area (Å²) in [6, 6.07) is 9.89. The number of halogens is 1. The number of hydrogen-bond acceptors (Lipinski definition) is 7. The molecule has 28 heavy (non-hydrogen) atoms. The maximum absolute atomic E-state index is 9.34. The summed E-state index contributed by atoms with van der Waals surface area (Å²) in [5, 5.41) is 21.1. The average Bonchev–Trinajstić information content (AvgIpc) is 3.18. The van der Waals surface area contributed by atoms with Gasteiger partial charge in [0.2, 0.25) is 5.89 Å². The summed E-state index contributed by atoms with van der Waals surface area (Å²) in [7, 11) is 0. The predicted molar refractivity (Wildman–Crippen MR) is 105 cm³/mol. The Balaban J connectivity index is 1.54. The zero-order valence-electron chi connectivity index (χ0n) is 14.6. The van der Waals surface area contributed by atoms with Gasteiger partial charge in [-0.05, 0) is 31.0 Å². The largest absolute Gasteiger partial charge is 0.444 e. The van der Waals surface area contributed by atoms with Crippen molar-refractivity contribution in [1.29, 1.82) is 5.26 Å². The third-order valence-electron chi connectivity index (χ3n) is 4.42. The molecule has 0 radical (unpaired) electrons. The smallest absolute Gasteiger partial charge is 0.227 e. The molecule has 3 aromatic heterocycles. The zero-order chi connectivity index (χ0) is 19.1. The molecule has 0 saturated heterocycles. The Bertz CT molecular complexity index is 1210. The van der Waals surface area contributed by atoms with Gasteiger partial charge in [0.1, 0.15) is 12.3 Å². The van der Waals surface area contributed by atoms with Crippen molar-refractivity contribution in [2.24, 2.45) is 0 Å². The van der Waals surface area contributed by atoms with E-state index in [-0.39, 0.29) is 0 Å². The van der Waals surface area contributed by atoms with Gasteiger partial charge < -0.3 is 15.1 Å². The third-order valence-corrected chi connectivity index (χ3v) is 4.75. The molecule has 1 saturated carbocycles. The molecule has 9 heteroatoms. The first-order valence-electron chi connectivity index (χ1n) is 8.73. The highest BCUT2D eigenvalue weighted by atomic mass is 35.5. The lowest BCUT2D eigenvalue weighted by Crippen LogP contribution is -2.07. The van der Waals surface area contributed by atoms with E-state index in [9.17, 15) is 5.26 Å². The molecular weight excluding hydrogens is 378 g/mol. The lowest BCUT2D eigenvalue weighted by atomic mass is 10.2. The van der Waals surface area contributed by atoms with Crippen LogP contribution in [0.15, 0.2) is 47.3 Å². The second kappa shape index (κ2) is 6.55. The van der Waals surface area contributed by atoms with Gasteiger partial charge in [0, 0.05) is 17.8 Å². The molecule has 138 valence electrons. The van der Waals surface area contributed by atoms with Crippen LogP contribution in [0.3, 0.4) is 0 Å². The monoisotopic (exact) mass is 391 g/mol. The van der Waals surface area contributed by atoms with Gasteiger partial charge in [-0.15, -0.1) is 5.10 Å². The number of rotatable bonds is 5. The highest BCUT2D eigenvalue weighted by Crippen LogP contribution is 2.32. The number of nitriles is 1. The maximum Gasteiger partial charge on any atom is 0.227 e. The second-order valence-electron chi connectivity index (χ2n) is 6.51. The molecule has 0 spiro atoms. The number of imidazole rings is 1. The lowest BCUT2D eigenvalue weighted by Gasteiger charge is -2.12. The Morgan fingerprint density at radius 2 is 2.14 bits per heavy atom. The van der Waals surface area contributed by atoms with E-state index in [1.807, 2.05) is 18.2 Å². The van der Waals surface area contributed by atoms with Gasteiger partial charge in [0.15, 0.2) is 17.2 Å². The Labute approximate surface area is 164 Å². The molecule has 8 nitrogen and oxygen atoms in total. The molecular formula is C19H14ClN7O. The topological polar surface area (TPSA) is 104 Å². The van der Waals surface area contributed by atoms with Crippen molar-refractivity contribution >= 4 is 34.4 Å². The maximum atomic E-state index is 9.34. The number of oxazole rings is 1. The molecule has 0 amide bonds. The summed E-state index contributed by atoms with van der Waals surface area (Å²) in [6.45, 7) is 0. The number of aromatic nitrogens is 4. The molecule has 2 N–H and O–H groups in total. The number of fused-ring (bicyclic) bond motifs is 1. The van der Waals surface area contributed by atoms with Gasteiger partial charge in [-0.1, -0.05) is 11.6 Å². The Morgan fingerprint density at radius 1 is 1.25 bits per heavy atom. The van der Waals surface area contributed by atoms with E-state index in [4.69, 9.17) is 16.0 Å². The number of nitrogens with one attached hydrogen (secondary N) is 2. The number of benzene rings is 1. The molecule has 1 aliphatic carbocycles. The molecule has 0 unspecified atom stereocenters. The molecule has 0 atom stereocenters. The molecule has 3 heterocycles. The van der Waals surface area contributed by atoms with Gasteiger partial charge in [-0.3, -0.25) is 0 Å². The van der Waals surface area contributed by atoms with Gasteiger partial charge in [0.25, 0.3) is 0 Å². The van der Waals surface area contributed by atoms with Crippen LogP contribution in [-0.2, 0) is 0 Å². The van der Waals surface area contributed by atoms with Crippen molar-refractivity contribution in [3.63, 3.8) is 0 Å². The zero-order valence-corrected chi connectivity index (χ0v) is 15.3. The molecule has 5 rings (SSSR count). The van der Waals surface area contributed by atoms with Gasteiger partial charge in [-0.25, -0.2) is 9.97 Å². The van der Waals surface area contributed by atoms with E-state index in [1.165, 1.54) is 17.0 Å². The summed E-state index contributed by atoms with van der Waals surface area (Å²) in [6.07, 6.45) is 6.84. The van der Waals surface area contributed by atoms with E-state index in [0.29, 0.717) is 39.7 Å². The molecule has 1 aromatic carbocycles. The first-order valence-corrected chi connectivity index (χ1v) is 9.11. The number of anilines is 3. The summed E-state index contributed by atoms with van der Waals surface area (Å²) in [5.74, 6) is 1.01.